The summed E-state index contributed by atoms with van der Waals surface area (Å²) >= 11 is 0. The Morgan fingerprint density at radius 2 is 1.67 bits per heavy atom. The van der Waals surface area contributed by atoms with Crippen molar-refractivity contribution in [3.8, 4) is 5.75 Å². The number of fused-ring (bicyclic) bond motifs is 1. The molecule has 0 radical (unpaired) electrons. The van der Waals surface area contributed by atoms with Gasteiger partial charge in [0.25, 0.3) is 5.91 Å². The second kappa shape index (κ2) is 12.6. The monoisotopic (exact) mass is 528 g/mol. The zero-order valence-corrected chi connectivity index (χ0v) is 22.8. The van der Waals surface area contributed by atoms with Gasteiger partial charge in [-0.3, -0.25) is 14.4 Å². The molecule has 0 aliphatic heterocycles. The van der Waals surface area contributed by atoms with E-state index in [-0.39, 0.29) is 30.3 Å². The third kappa shape index (κ3) is 5.67. The molecule has 3 aromatic carbocycles. The number of esters is 1. The predicted octanol–water partition coefficient (Wildman–Crippen LogP) is 4.70. The number of carbonyl (C=O) groups excluding carboxylic acids is 3. The molecule has 1 N–H and O–H groups in total. The van der Waals surface area contributed by atoms with Gasteiger partial charge >= 0.3 is 5.97 Å². The maximum Gasteiger partial charge on any atom is 0.321 e. The topological polar surface area (TPSA) is 84.9 Å². The standard InChI is InChI=1S/C32H36N2O5/c1-4-39-31(37)32(23-13-6-5-7-14-23)20-19-25(24-15-8-10-17-27(24)32)30(36)34(2)22-12-21-33-29(35)26-16-9-11-18-28(26)38-3/h5-11,13-18,25H,4,12,19-22H2,1-3H3,(H,33,35)/t25-,32+/m0/s1. The SMILES string of the molecule is CCOC(=O)[C@@]1(c2ccccc2)CC[C@H](C(=O)N(C)CCCNC(=O)c2ccccc2OC)c2ccccc21. The van der Waals surface area contributed by atoms with Gasteiger partial charge in [0, 0.05) is 20.1 Å². The number of methoxy groups -OCH3 is 1. The maximum atomic E-state index is 13.6. The van der Waals surface area contributed by atoms with Crippen LogP contribution in [0.4, 0.5) is 0 Å². The first kappa shape index (κ1) is 27.9. The van der Waals surface area contributed by atoms with Gasteiger partial charge in [-0.05, 0) is 55.0 Å². The molecule has 0 fully saturated rings. The van der Waals surface area contributed by atoms with Gasteiger partial charge in [0.1, 0.15) is 11.2 Å². The molecule has 1 aliphatic rings. The van der Waals surface area contributed by atoms with Crippen molar-refractivity contribution in [1.82, 2.24) is 10.2 Å². The van der Waals surface area contributed by atoms with E-state index in [1.165, 1.54) is 7.11 Å². The Labute approximate surface area is 230 Å². The highest BCUT2D eigenvalue weighted by Gasteiger charge is 2.49. The lowest BCUT2D eigenvalue weighted by atomic mass is 9.63. The smallest absolute Gasteiger partial charge is 0.321 e. The third-order valence-electron chi connectivity index (χ3n) is 7.48. The summed E-state index contributed by atoms with van der Waals surface area (Å²) < 4.78 is 10.9. The average Bonchev–Trinajstić information content (AvgIpc) is 2.98. The van der Waals surface area contributed by atoms with Gasteiger partial charge in [-0.1, -0.05) is 66.7 Å². The van der Waals surface area contributed by atoms with Crippen molar-refractivity contribution in [3.63, 3.8) is 0 Å². The maximum absolute atomic E-state index is 13.6. The highest BCUT2D eigenvalue weighted by molar-refractivity contribution is 5.97. The van der Waals surface area contributed by atoms with E-state index in [9.17, 15) is 14.4 Å². The summed E-state index contributed by atoms with van der Waals surface area (Å²) in [4.78, 5) is 41.4. The van der Waals surface area contributed by atoms with Gasteiger partial charge in [0.2, 0.25) is 5.91 Å². The molecule has 0 unspecified atom stereocenters. The van der Waals surface area contributed by atoms with E-state index < -0.39 is 5.41 Å². The van der Waals surface area contributed by atoms with Crippen molar-refractivity contribution in [2.24, 2.45) is 0 Å². The van der Waals surface area contributed by atoms with Crippen molar-refractivity contribution in [1.29, 1.82) is 0 Å². The average molecular weight is 529 g/mol. The number of hydrogen-bond donors (Lipinski definition) is 1. The van der Waals surface area contributed by atoms with Gasteiger partial charge < -0.3 is 19.7 Å². The van der Waals surface area contributed by atoms with E-state index >= 15 is 0 Å². The lowest BCUT2D eigenvalue weighted by molar-refractivity contribution is -0.149. The molecule has 7 nitrogen and oxygen atoms in total. The first-order valence-corrected chi connectivity index (χ1v) is 13.4. The second-order valence-electron chi connectivity index (χ2n) is 9.74. The Balaban J connectivity index is 1.47. The Morgan fingerprint density at radius 3 is 2.41 bits per heavy atom. The summed E-state index contributed by atoms with van der Waals surface area (Å²) in [6, 6.07) is 24.5. The number of likely N-dealkylation sites (N-methyl/N-ethyl adjacent to an activating group) is 1. The fourth-order valence-corrected chi connectivity index (χ4v) is 5.53. The number of nitrogens with zero attached hydrogens (tertiary/aromatic N) is 1. The molecule has 204 valence electrons. The van der Waals surface area contributed by atoms with Crippen molar-refractivity contribution >= 4 is 17.8 Å². The van der Waals surface area contributed by atoms with Crippen molar-refractivity contribution in [2.45, 2.75) is 37.5 Å². The number of rotatable bonds is 10. The largest absolute Gasteiger partial charge is 0.496 e. The first-order chi connectivity index (χ1) is 18.9. The van der Waals surface area contributed by atoms with Crippen LogP contribution in [0.5, 0.6) is 5.75 Å². The van der Waals surface area contributed by atoms with Gasteiger partial charge in [-0.2, -0.15) is 0 Å². The Bertz CT molecular complexity index is 1310. The first-order valence-electron chi connectivity index (χ1n) is 13.4. The van der Waals surface area contributed by atoms with Crippen LogP contribution in [-0.4, -0.2) is 56.5 Å². The van der Waals surface area contributed by atoms with E-state index in [0.717, 1.165) is 16.7 Å². The Morgan fingerprint density at radius 1 is 0.974 bits per heavy atom. The zero-order chi connectivity index (χ0) is 27.8. The van der Waals surface area contributed by atoms with Crippen molar-refractivity contribution in [2.75, 3.05) is 33.9 Å². The molecule has 1 aliphatic carbocycles. The van der Waals surface area contributed by atoms with Crippen LogP contribution >= 0.6 is 0 Å². The number of hydrogen-bond acceptors (Lipinski definition) is 5. The number of ether oxygens (including phenoxy) is 2. The highest BCUT2D eigenvalue weighted by Crippen LogP contribution is 2.48. The van der Waals surface area contributed by atoms with Gasteiger partial charge in [-0.15, -0.1) is 0 Å². The molecule has 3 aromatic rings. The summed E-state index contributed by atoms with van der Waals surface area (Å²) in [6.45, 7) is 3.01. The third-order valence-corrected chi connectivity index (χ3v) is 7.48. The van der Waals surface area contributed by atoms with E-state index in [4.69, 9.17) is 9.47 Å². The van der Waals surface area contributed by atoms with Crippen molar-refractivity contribution in [3.05, 3.63) is 101 Å². The van der Waals surface area contributed by atoms with Crippen LogP contribution in [0, 0.1) is 0 Å². The van der Waals surface area contributed by atoms with E-state index in [1.807, 2.05) is 67.6 Å². The van der Waals surface area contributed by atoms with Crippen LogP contribution in [0.2, 0.25) is 0 Å². The van der Waals surface area contributed by atoms with Crippen LogP contribution in [0.1, 0.15) is 59.2 Å². The molecule has 2 atom stereocenters. The summed E-state index contributed by atoms with van der Waals surface area (Å²) in [6.07, 6.45) is 1.61. The number of amides is 2. The number of para-hydroxylation sites is 1. The van der Waals surface area contributed by atoms with Gasteiger partial charge in [0.15, 0.2) is 0 Å². The molecule has 0 bridgehead atoms. The molecule has 0 spiro atoms. The van der Waals surface area contributed by atoms with Gasteiger partial charge in [0.05, 0.1) is 25.2 Å². The summed E-state index contributed by atoms with van der Waals surface area (Å²) in [5.74, 6) is -0.329. The van der Waals surface area contributed by atoms with E-state index in [0.29, 0.717) is 43.7 Å². The number of nitrogens with one attached hydrogen (secondary N) is 1. The molecule has 0 saturated heterocycles. The summed E-state index contributed by atoms with van der Waals surface area (Å²) in [7, 11) is 3.32. The van der Waals surface area contributed by atoms with Crippen LogP contribution in [0.3, 0.4) is 0 Å². The van der Waals surface area contributed by atoms with E-state index in [2.05, 4.69) is 5.32 Å². The predicted molar refractivity (Wildman–Crippen MR) is 150 cm³/mol. The molecule has 39 heavy (non-hydrogen) atoms. The normalized spacial score (nSPS) is 18.0. The van der Waals surface area contributed by atoms with Crippen LogP contribution < -0.4 is 10.1 Å². The number of benzene rings is 3. The molecule has 7 heteroatoms. The second-order valence-corrected chi connectivity index (χ2v) is 9.74. The molecular weight excluding hydrogens is 492 g/mol. The van der Waals surface area contributed by atoms with Crippen LogP contribution in [0.15, 0.2) is 78.9 Å². The molecule has 0 heterocycles. The summed E-state index contributed by atoms with van der Waals surface area (Å²) in [5.41, 5.74) is 2.10. The van der Waals surface area contributed by atoms with Gasteiger partial charge in [-0.25, -0.2) is 0 Å². The molecule has 0 aromatic heterocycles. The molecule has 4 rings (SSSR count). The minimum atomic E-state index is -0.952. The molecule has 0 saturated carbocycles. The zero-order valence-electron chi connectivity index (χ0n) is 22.8. The fourth-order valence-electron chi connectivity index (χ4n) is 5.53. The van der Waals surface area contributed by atoms with Crippen molar-refractivity contribution < 1.29 is 23.9 Å². The van der Waals surface area contributed by atoms with E-state index in [1.54, 1.807) is 30.1 Å². The Kier molecular flexibility index (Phi) is 9.02. The summed E-state index contributed by atoms with van der Waals surface area (Å²) in [5, 5.41) is 2.91. The Hall–Kier alpha value is -4.13. The quantitative estimate of drug-likeness (QED) is 0.305. The minimum Gasteiger partial charge on any atom is -0.496 e. The fraction of sp³-hybridized carbons (Fsp3) is 0.344. The lowest BCUT2D eigenvalue weighted by Crippen LogP contribution is -2.45. The molecule has 2 amide bonds. The number of carbonyl (C=O) groups is 3. The molecular formula is C32H36N2O5. The van der Waals surface area contributed by atoms with Crippen LogP contribution in [0.25, 0.3) is 0 Å². The lowest BCUT2D eigenvalue weighted by Gasteiger charge is -2.41. The highest BCUT2D eigenvalue weighted by atomic mass is 16.5. The minimum absolute atomic E-state index is 0.00373. The van der Waals surface area contributed by atoms with Crippen LogP contribution in [-0.2, 0) is 19.7 Å².